The third-order valence-electron chi connectivity index (χ3n) is 5.07. The fourth-order valence-corrected chi connectivity index (χ4v) is 3.73. The normalized spacial score (nSPS) is 15.2. The maximum absolute atomic E-state index is 4.61. The topological polar surface area (TPSA) is 79.8 Å². The van der Waals surface area contributed by atoms with Crippen LogP contribution in [0.15, 0.2) is 30.9 Å². The van der Waals surface area contributed by atoms with Gasteiger partial charge in [-0.15, -0.1) is 10.2 Å². The molecule has 0 N–H and O–H groups in total. The molecule has 0 amide bonds. The summed E-state index contributed by atoms with van der Waals surface area (Å²) >= 11 is 0. The summed E-state index contributed by atoms with van der Waals surface area (Å²) in [4.78, 5) is 13.8. The molecule has 138 valence electrons. The van der Waals surface area contributed by atoms with E-state index in [1.165, 1.54) is 0 Å². The third kappa shape index (κ3) is 2.57. The van der Waals surface area contributed by atoms with Gasteiger partial charge in [-0.2, -0.15) is 5.10 Å². The van der Waals surface area contributed by atoms with Crippen molar-refractivity contribution in [3.63, 3.8) is 0 Å². The van der Waals surface area contributed by atoms with E-state index in [0.717, 1.165) is 66.9 Å². The number of fused-ring (bicyclic) bond motifs is 2. The zero-order chi connectivity index (χ0) is 18.4. The predicted molar refractivity (Wildman–Crippen MR) is 102 cm³/mol. The molecule has 9 heteroatoms. The van der Waals surface area contributed by atoms with E-state index >= 15 is 0 Å². The van der Waals surface area contributed by atoms with E-state index in [9.17, 15) is 0 Å². The number of aromatic nitrogens is 7. The Kier molecular flexibility index (Phi) is 3.66. The van der Waals surface area contributed by atoms with Gasteiger partial charge in [0.15, 0.2) is 11.6 Å². The molecule has 5 heterocycles. The van der Waals surface area contributed by atoms with Crippen molar-refractivity contribution in [2.45, 2.75) is 20.3 Å². The second kappa shape index (κ2) is 6.19. The lowest BCUT2D eigenvalue weighted by molar-refractivity contribution is 0.641. The highest BCUT2D eigenvalue weighted by Gasteiger charge is 2.23. The van der Waals surface area contributed by atoms with Gasteiger partial charge in [-0.3, -0.25) is 4.40 Å². The number of aryl methyl sites for hydroxylation is 2. The molecule has 1 fully saturated rings. The SMILES string of the molecule is CCc1nnc2c(N3CCN(c4nccn5nc(C)cc45)CC3)nccn12. The highest BCUT2D eigenvalue weighted by molar-refractivity contribution is 5.70. The zero-order valence-corrected chi connectivity index (χ0v) is 15.4. The van der Waals surface area contributed by atoms with Gasteiger partial charge in [0.05, 0.1) is 5.69 Å². The second-order valence-electron chi connectivity index (χ2n) is 6.75. The van der Waals surface area contributed by atoms with Crippen molar-refractivity contribution >= 4 is 22.8 Å². The first-order valence-corrected chi connectivity index (χ1v) is 9.24. The van der Waals surface area contributed by atoms with Crippen LogP contribution in [0.3, 0.4) is 0 Å². The van der Waals surface area contributed by atoms with Crippen LogP contribution in [0.1, 0.15) is 18.4 Å². The van der Waals surface area contributed by atoms with Crippen LogP contribution >= 0.6 is 0 Å². The van der Waals surface area contributed by atoms with Crippen molar-refractivity contribution in [3.05, 3.63) is 42.4 Å². The van der Waals surface area contributed by atoms with E-state index in [1.54, 1.807) is 0 Å². The van der Waals surface area contributed by atoms with Gasteiger partial charge in [0.2, 0.25) is 5.65 Å². The molecule has 9 nitrogen and oxygen atoms in total. The number of piperazine rings is 1. The maximum atomic E-state index is 4.61. The van der Waals surface area contributed by atoms with Gasteiger partial charge in [0.1, 0.15) is 11.3 Å². The number of anilines is 2. The van der Waals surface area contributed by atoms with E-state index in [-0.39, 0.29) is 0 Å². The molecule has 1 saturated heterocycles. The van der Waals surface area contributed by atoms with Crippen LogP contribution < -0.4 is 9.80 Å². The summed E-state index contributed by atoms with van der Waals surface area (Å²) in [5, 5.41) is 13.1. The Balaban J connectivity index is 1.41. The van der Waals surface area contributed by atoms with Crippen molar-refractivity contribution in [1.29, 1.82) is 0 Å². The molecule has 0 radical (unpaired) electrons. The molecule has 0 atom stereocenters. The molecule has 0 saturated carbocycles. The van der Waals surface area contributed by atoms with Gasteiger partial charge in [-0.1, -0.05) is 6.92 Å². The van der Waals surface area contributed by atoms with E-state index in [0.29, 0.717) is 0 Å². The molecule has 5 rings (SSSR count). The highest BCUT2D eigenvalue weighted by atomic mass is 15.3. The van der Waals surface area contributed by atoms with Crippen LogP contribution in [0.2, 0.25) is 0 Å². The molecule has 0 aromatic carbocycles. The van der Waals surface area contributed by atoms with Crippen LogP contribution in [0.4, 0.5) is 11.6 Å². The van der Waals surface area contributed by atoms with Gasteiger partial charge in [-0.05, 0) is 13.0 Å². The van der Waals surface area contributed by atoms with Crippen LogP contribution in [0.5, 0.6) is 0 Å². The quantitative estimate of drug-likeness (QED) is 0.544. The van der Waals surface area contributed by atoms with E-state index in [1.807, 2.05) is 40.6 Å². The molecule has 0 spiro atoms. The average molecular weight is 363 g/mol. The minimum atomic E-state index is 0.828. The summed E-state index contributed by atoms with van der Waals surface area (Å²) in [5.41, 5.74) is 2.88. The number of nitrogens with zero attached hydrogens (tertiary/aromatic N) is 9. The summed E-state index contributed by atoms with van der Waals surface area (Å²) in [7, 11) is 0. The minimum absolute atomic E-state index is 0.828. The Morgan fingerprint density at radius 2 is 1.63 bits per heavy atom. The Hall–Kier alpha value is -3.23. The van der Waals surface area contributed by atoms with Gasteiger partial charge in [0.25, 0.3) is 0 Å². The number of hydrogen-bond acceptors (Lipinski definition) is 7. The first kappa shape index (κ1) is 16.0. The van der Waals surface area contributed by atoms with Crippen molar-refractivity contribution in [2.75, 3.05) is 36.0 Å². The molecule has 4 aromatic rings. The highest BCUT2D eigenvalue weighted by Crippen LogP contribution is 2.24. The van der Waals surface area contributed by atoms with E-state index in [2.05, 4.69) is 48.1 Å². The smallest absolute Gasteiger partial charge is 0.203 e. The fraction of sp³-hybridized carbons (Fsp3) is 0.389. The molecule has 0 bridgehead atoms. The molecule has 0 aliphatic carbocycles. The molecule has 1 aliphatic rings. The van der Waals surface area contributed by atoms with Gasteiger partial charge in [-0.25, -0.2) is 14.5 Å². The summed E-state index contributed by atoms with van der Waals surface area (Å²) in [6, 6.07) is 2.08. The maximum Gasteiger partial charge on any atom is 0.203 e. The fourth-order valence-electron chi connectivity index (χ4n) is 3.73. The molecule has 0 unspecified atom stereocenters. The van der Waals surface area contributed by atoms with Gasteiger partial charge < -0.3 is 9.80 Å². The Morgan fingerprint density at radius 3 is 2.41 bits per heavy atom. The largest absolute Gasteiger partial charge is 0.351 e. The van der Waals surface area contributed by atoms with Crippen LogP contribution in [0.25, 0.3) is 11.2 Å². The monoisotopic (exact) mass is 363 g/mol. The van der Waals surface area contributed by atoms with E-state index in [4.69, 9.17) is 0 Å². The van der Waals surface area contributed by atoms with Crippen LogP contribution in [0, 0.1) is 6.92 Å². The first-order valence-electron chi connectivity index (χ1n) is 9.24. The van der Waals surface area contributed by atoms with Crippen molar-refractivity contribution in [2.24, 2.45) is 0 Å². The number of rotatable bonds is 3. The summed E-state index contributed by atoms with van der Waals surface area (Å²) in [5.74, 6) is 2.84. The van der Waals surface area contributed by atoms with Crippen LogP contribution in [-0.2, 0) is 6.42 Å². The molecular formula is C18H21N9. The number of hydrogen-bond donors (Lipinski definition) is 0. The molecule has 4 aromatic heterocycles. The zero-order valence-electron chi connectivity index (χ0n) is 15.4. The van der Waals surface area contributed by atoms with Gasteiger partial charge in [0, 0.05) is 57.4 Å². The molecule has 27 heavy (non-hydrogen) atoms. The predicted octanol–water partition coefficient (Wildman–Crippen LogP) is 1.36. The standard InChI is InChI=1S/C18H21N9/c1-3-15-21-22-18-17(20-4-6-26(15)18)25-10-8-24(9-11-25)16-14-12-13(2)23-27(14)7-5-19-16/h4-7,12H,3,8-11H2,1-2H3. The lowest BCUT2D eigenvalue weighted by Gasteiger charge is -2.36. The lowest BCUT2D eigenvalue weighted by Crippen LogP contribution is -2.47. The summed E-state index contributed by atoms with van der Waals surface area (Å²) in [6.07, 6.45) is 8.31. The Labute approximate surface area is 156 Å². The van der Waals surface area contributed by atoms with Crippen molar-refractivity contribution in [3.8, 4) is 0 Å². The minimum Gasteiger partial charge on any atom is -0.351 e. The summed E-state index contributed by atoms with van der Waals surface area (Å²) in [6.45, 7) is 7.54. The van der Waals surface area contributed by atoms with Crippen molar-refractivity contribution < 1.29 is 0 Å². The first-order chi connectivity index (χ1) is 13.2. The Morgan fingerprint density at radius 1 is 0.926 bits per heavy atom. The second-order valence-corrected chi connectivity index (χ2v) is 6.75. The third-order valence-corrected chi connectivity index (χ3v) is 5.07. The average Bonchev–Trinajstić information content (AvgIpc) is 3.30. The van der Waals surface area contributed by atoms with Crippen molar-refractivity contribution in [1.82, 2.24) is 34.2 Å². The van der Waals surface area contributed by atoms with Gasteiger partial charge >= 0.3 is 0 Å². The molecular weight excluding hydrogens is 342 g/mol. The lowest BCUT2D eigenvalue weighted by atomic mass is 10.3. The Bertz CT molecular complexity index is 1100. The summed E-state index contributed by atoms with van der Waals surface area (Å²) < 4.78 is 3.93. The van der Waals surface area contributed by atoms with Crippen LogP contribution in [-0.4, -0.2) is 60.4 Å². The molecule has 1 aliphatic heterocycles. The van der Waals surface area contributed by atoms with E-state index < -0.39 is 0 Å².